The highest BCUT2D eigenvalue weighted by molar-refractivity contribution is 6.01. The summed E-state index contributed by atoms with van der Waals surface area (Å²) >= 11 is 0. The van der Waals surface area contributed by atoms with Crippen LogP contribution in [-0.4, -0.2) is 45.2 Å². The average Bonchev–Trinajstić information content (AvgIpc) is 2.86. The summed E-state index contributed by atoms with van der Waals surface area (Å²) in [6.07, 6.45) is 7.68. The molecule has 0 aromatic heterocycles. The first-order valence-electron chi connectivity index (χ1n) is 9.66. The van der Waals surface area contributed by atoms with E-state index in [1.54, 1.807) is 12.2 Å². The number of aliphatic hydroxyl groups is 3. The number of Topliss-reactive ketones (excluding diaryl/α,β-unsaturated/α-hetero) is 1. The highest BCUT2D eigenvalue weighted by atomic mass is 16.3. The van der Waals surface area contributed by atoms with Crippen LogP contribution in [0.15, 0.2) is 23.8 Å². The Kier molecular flexibility index (Phi) is 3.89. The SMILES string of the molecule is C[C@]12C=CC(=O)C=C1CC[C@@H]1[C@H]2[C@@H](O)C[C@@]2(C)[C@H]1CC[C@]2(O)C(=O)CO. The van der Waals surface area contributed by atoms with Crippen LogP contribution in [0.3, 0.4) is 0 Å². The highest BCUT2D eigenvalue weighted by Crippen LogP contribution is 2.67. The Balaban J connectivity index is 1.75. The zero-order valence-corrected chi connectivity index (χ0v) is 15.4. The van der Waals surface area contributed by atoms with Crippen molar-refractivity contribution in [2.45, 2.75) is 57.7 Å². The average molecular weight is 360 g/mol. The summed E-state index contributed by atoms with van der Waals surface area (Å²) in [6.45, 7) is 3.34. The maximum absolute atomic E-state index is 12.4. The van der Waals surface area contributed by atoms with Gasteiger partial charge in [-0.2, -0.15) is 0 Å². The minimum atomic E-state index is -1.56. The first-order valence-corrected chi connectivity index (χ1v) is 9.66. The number of allylic oxidation sites excluding steroid dienone is 4. The Labute approximate surface area is 153 Å². The lowest BCUT2D eigenvalue weighted by Crippen LogP contribution is -2.61. The number of hydrogen-bond donors (Lipinski definition) is 3. The van der Waals surface area contributed by atoms with Crippen molar-refractivity contribution in [1.82, 2.24) is 0 Å². The van der Waals surface area contributed by atoms with Crippen LogP contribution in [0.1, 0.15) is 46.0 Å². The number of hydrogen-bond acceptors (Lipinski definition) is 5. The van der Waals surface area contributed by atoms with Crippen molar-refractivity contribution < 1.29 is 24.9 Å². The van der Waals surface area contributed by atoms with Gasteiger partial charge in [0.1, 0.15) is 12.2 Å². The molecule has 0 amide bonds. The first kappa shape index (κ1) is 18.1. The van der Waals surface area contributed by atoms with E-state index in [2.05, 4.69) is 6.92 Å². The van der Waals surface area contributed by atoms with Gasteiger partial charge in [0.2, 0.25) is 0 Å². The summed E-state index contributed by atoms with van der Waals surface area (Å²) in [6, 6.07) is 0. The third-order valence-electron chi connectivity index (χ3n) is 8.25. The van der Waals surface area contributed by atoms with E-state index in [4.69, 9.17) is 0 Å². The first-order chi connectivity index (χ1) is 12.2. The molecule has 5 heteroatoms. The van der Waals surface area contributed by atoms with Crippen molar-refractivity contribution >= 4 is 11.6 Å². The van der Waals surface area contributed by atoms with Crippen LogP contribution in [0, 0.1) is 28.6 Å². The minimum absolute atomic E-state index is 0.00912. The maximum Gasteiger partial charge on any atom is 0.190 e. The van der Waals surface area contributed by atoms with Gasteiger partial charge in [-0.3, -0.25) is 9.59 Å². The topological polar surface area (TPSA) is 94.8 Å². The van der Waals surface area contributed by atoms with E-state index in [9.17, 15) is 24.9 Å². The molecule has 0 radical (unpaired) electrons. The largest absolute Gasteiger partial charge is 0.393 e. The molecule has 4 aliphatic carbocycles. The van der Waals surface area contributed by atoms with E-state index in [0.717, 1.165) is 24.8 Å². The standard InChI is InChI=1S/C21H28O5/c1-19-7-5-13(23)9-12(19)3-4-14-15-6-8-21(26,17(25)11-22)20(15,2)10-16(24)18(14)19/h5,7,9,14-16,18,22,24,26H,3-4,6,8,10-11H2,1-2H3/t14-,15-,16-,18-,19-,20-,21-/m0/s1. The Bertz CT molecular complexity index is 724. The molecule has 0 unspecified atom stereocenters. The Hall–Kier alpha value is -1.30. The van der Waals surface area contributed by atoms with Gasteiger partial charge in [0.25, 0.3) is 0 Å². The van der Waals surface area contributed by atoms with Gasteiger partial charge >= 0.3 is 0 Å². The van der Waals surface area contributed by atoms with E-state index in [1.165, 1.54) is 0 Å². The summed E-state index contributed by atoms with van der Waals surface area (Å²) < 4.78 is 0. The predicted octanol–water partition coefficient (Wildman–Crippen LogP) is 1.56. The van der Waals surface area contributed by atoms with Crippen molar-refractivity contribution in [3.8, 4) is 0 Å². The third-order valence-corrected chi connectivity index (χ3v) is 8.25. The monoisotopic (exact) mass is 360 g/mol. The molecule has 0 spiro atoms. The van der Waals surface area contributed by atoms with E-state index in [0.29, 0.717) is 12.8 Å². The second kappa shape index (κ2) is 5.60. The normalized spacial score (nSPS) is 49.9. The van der Waals surface area contributed by atoms with Crippen LogP contribution in [0.5, 0.6) is 0 Å². The number of carbonyl (C=O) groups excluding carboxylic acids is 2. The second-order valence-corrected chi connectivity index (χ2v) is 9.19. The van der Waals surface area contributed by atoms with Gasteiger partial charge in [0, 0.05) is 16.7 Å². The molecule has 3 saturated carbocycles. The van der Waals surface area contributed by atoms with Gasteiger partial charge in [0.05, 0.1) is 6.10 Å². The predicted molar refractivity (Wildman–Crippen MR) is 95.0 cm³/mol. The molecular formula is C21H28O5. The molecule has 26 heavy (non-hydrogen) atoms. The number of ketones is 2. The summed E-state index contributed by atoms with van der Waals surface area (Å²) in [5.74, 6) is -0.227. The van der Waals surface area contributed by atoms with Crippen LogP contribution in [0.25, 0.3) is 0 Å². The Morgan fingerprint density at radius 1 is 1.31 bits per heavy atom. The van der Waals surface area contributed by atoms with Gasteiger partial charge in [-0.15, -0.1) is 0 Å². The summed E-state index contributed by atoms with van der Waals surface area (Å²) in [5, 5.41) is 31.7. The smallest absolute Gasteiger partial charge is 0.190 e. The molecule has 3 fully saturated rings. The summed E-state index contributed by atoms with van der Waals surface area (Å²) in [5.41, 5.74) is -1.54. The van der Waals surface area contributed by atoms with Crippen LogP contribution in [0.2, 0.25) is 0 Å². The molecule has 0 aromatic carbocycles. The number of rotatable bonds is 2. The van der Waals surface area contributed by atoms with Crippen molar-refractivity contribution in [1.29, 1.82) is 0 Å². The Morgan fingerprint density at radius 3 is 2.73 bits per heavy atom. The lowest BCUT2D eigenvalue weighted by molar-refractivity contribution is -0.178. The third kappa shape index (κ3) is 2.08. The van der Waals surface area contributed by atoms with Crippen LogP contribution in [0.4, 0.5) is 0 Å². The van der Waals surface area contributed by atoms with Crippen molar-refractivity contribution in [2.75, 3.05) is 6.61 Å². The minimum Gasteiger partial charge on any atom is -0.393 e. The number of fused-ring (bicyclic) bond motifs is 5. The fourth-order valence-electron chi connectivity index (χ4n) is 6.92. The second-order valence-electron chi connectivity index (χ2n) is 9.19. The molecule has 7 atom stereocenters. The maximum atomic E-state index is 12.4. The van der Waals surface area contributed by atoms with E-state index in [1.807, 2.05) is 13.0 Å². The number of carbonyl (C=O) groups is 2. The van der Waals surface area contributed by atoms with E-state index in [-0.39, 0.29) is 29.0 Å². The van der Waals surface area contributed by atoms with Gasteiger partial charge in [-0.25, -0.2) is 0 Å². The van der Waals surface area contributed by atoms with Gasteiger partial charge in [0.15, 0.2) is 11.6 Å². The summed E-state index contributed by atoms with van der Waals surface area (Å²) in [4.78, 5) is 24.2. The number of aliphatic hydroxyl groups excluding tert-OH is 2. The molecule has 5 nitrogen and oxygen atoms in total. The molecule has 4 rings (SSSR count). The Morgan fingerprint density at radius 2 is 2.04 bits per heavy atom. The van der Waals surface area contributed by atoms with Crippen LogP contribution in [-0.2, 0) is 9.59 Å². The molecular weight excluding hydrogens is 332 g/mol. The van der Waals surface area contributed by atoms with E-state index < -0.39 is 29.5 Å². The fraction of sp³-hybridized carbons (Fsp3) is 0.714. The highest BCUT2D eigenvalue weighted by Gasteiger charge is 2.67. The van der Waals surface area contributed by atoms with Crippen LogP contribution < -0.4 is 0 Å². The van der Waals surface area contributed by atoms with Crippen molar-refractivity contribution in [3.05, 3.63) is 23.8 Å². The van der Waals surface area contributed by atoms with Crippen molar-refractivity contribution in [3.63, 3.8) is 0 Å². The lowest BCUT2D eigenvalue weighted by Gasteiger charge is -2.59. The molecule has 3 N–H and O–H groups in total. The summed E-state index contributed by atoms with van der Waals surface area (Å²) in [7, 11) is 0. The zero-order chi connectivity index (χ0) is 18.9. The zero-order valence-electron chi connectivity index (χ0n) is 15.4. The molecule has 142 valence electrons. The fourth-order valence-corrected chi connectivity index (χ4v) is 6.92. The van der Waals surface area contributed by atoms with E-state index >= 15 is 0 Å². The molecule has 0 heterocycles. The molecule has 0 aliphatic heterocycles. The molecule has 0 saturated heterocycles. The van der Waals surface area contributed by atoms with Crippen molar-refractivity contribution in [2.24, 2.45) is 28.6 Å². The lowest BCUT2D eigenvalue weighted by atomic mass is 9.46. The molecule has 0 bridgehead atoms. The van der Waals surface area contributed by atoms with Crippen LogP contribution >= 0.6 is 0 Å². The van der Waals surface area contributed by atoms with Gasteiger partial charge in [-0.1, -0.05) is 25.5 Å². The van der Waals surface area contributed by atoms with Gasteiger partial charge < -0.3 is 15.3 Å². The molecule has 0 aromatic rings. The van der Waals surface area contributed by atoms with Gasteiger partial charge in [-0.05, 0) is 56.1 Å². The molecule has 4 aliphatic rings. The quantitative estimate of drug-likeness (QED) is 0.695.